The minimum atomic E-state index is -3.99. The largest absolute Gasteiger partial charge is 0.481 e. The van der Waals surface area contributed by atoms with Gasteiger partial charge in [0.2, 0.25) is 11.8 Å². The van der Waals surface area contributed by atoms with E-state index < -0.39 is 43.8 Å². The topological polar surface area (TPSA) is 127 Å². The summed E-state index contributed by atoms with van der Waals surface area (Å²) < 4.78 is 52.8. The van der Waals surface area contributed by atoms with Gasteiger partial charge in [0.05, 0.1) is 23.7 Å². The fourth-order valence-electron chi connectivity index (χ4n) is 4.73. The Bertz CT molecular complexity index is 1550. The molecule has 14 heteroatoms. The van der Waals surface area contributed by atoms with Gasteiger partial charge in [-0.05, 0) is 31.5 Å². The number of carbonyl (C=O) groups is 3. The van der Waals surface area contributed by atoms with Crippen LogP contribution < -0.4 is 10.1 Å². The van der Waals surface area contributed by atoms with Gasteiger partial charge in [0.15, 0.2) is 12.1 Å². The van der Waals surface area contributed by atoms with Gasteiger partial charge < -0.3 is 28.9 Å². The van der Waals surface area contributed by atoms with E-state index in [1.165, 1.54) is 48.0 Å². The molecule has 2 amide bonds. The SMILES string of the molecule is CCCOP(=O)(O)COc1ccc2c(C(C)=O)cn(CC(=O)N3C[C@H](F)C[C@H]3C(=O)NCc3cccc(Cl)c3F)c2c1. The van der Waals surface area contributed by atoms with Crippen LogP contribution in [0.2, 0.25) is 5.02 Å². The van der Waals surface area contributed by atoms with Crippen LogP contribution in [0.25, 0.3) is 10.9 Å². The summed E-state index contributed by atoms with van der Waals surface area (Å²) in [5, 5.41) is 2.97. The number of benzene rings is 2. The molecule has 1 fully saturated rings. The molecule has 0 aliphatic carbocycles. The molecule has 0 spiro atoms. The van der Waals surface area contributed by atoms with E-state index in [2.05, 4.69) is 5.32 Å². The van der Waals surface area contributed by atoms with E-state index in [1.807, 2.05) is 0 Å². The number of halogens is 3. The van der Waals surface area contributed by atoms with Crippen LogP contribution in [0.1, 0.15) is 42.6 Å². The third-order valence-electron chi connectivity index (χ3n) is 6.79. The van der Waals surface area contributed by atoms with E-state index in [1.54, 1.807) is 13.0 Å². The van der Waals surface area contributed by atoms with Crippen LogP contribution in [-0.4, -0.2) is 63.7 Å². The standard InChI is InChI=1S/C28H31ClF2N3O7P/c1-3-9-41-42(38,39)16-40-20-7-8-21-22(17(2)35)14-33(24(21)11-20)15-26(36)34-13-19(30)10-25(34)28(37)32-12-18-5-4-6-23(29)27(18)31/h4-8,11,14,19,25H,3,9-10,12-13,15-16H2,1-2H3,(H,32,37)(H,38,39)/t19-,25+/m1/s1. The molecule has 1 aromatic heterocycles. The first kappa shape index (κ1) is 31.6. The molecule has 226 valence electrons. The molecule has 3 atom stereocenters. The molecule has 1 aliphatic rings. The number of ketones is 1. The highest BCUT2D eigenvalue weighted by atomic mass is 35.5. The van der Waals surface area contributed by atoms with Gasteiger partial charge >= 0.3 is 7.60 Å². The number of likely N-dealkylation sites (tertiary alicyclic amines) is 1. The zero-order chi connectivity index (χ0) is 30.6. The molecule has 4 rings (SSSR count). The van der Waals surface area contributed by atoms with Crippen molar-refractivity contribution in [2.75, 3.05) is 19.5 Å². The maximum absolute atomic E-state index is 14.5. The molecular weight excluding hydrogens is 595 g/mol. The molecule has 42 heavy (non-hydrogen) atoms. The lowest BCUT2D eigenvalue weighted by atomic mass is 10.1. The van der Waals surface area contributed by atoms with Crippen LogP contribution in [0.3, 0.4) is 0 Å². The molecule has 10 nitrogen and oxygen atoms in total. The zero-order valence-corrected chi connectivity index (χ0v) is 24.7. The molecule has 2 aromatic carbocycles. The summed E-state index contributed by atoms with van der Waals surface area (Å²) in [6.45, 7) is 2.43. The number of carbonyl (C=O) groups excluding carboxylic acids is 3. The van der Waals surface area contributed by atoms with E-state index in [9.17, 15) is 32.6 Å². The Morgan fingerprint density at radius 1 is 1.24 bits per heavy atom. The van der Waals surface area contributed by atoms with Crippen molar-refractivity contribution in [3.8, 4) is 5.75 Å². The van der Waals surface area contributed by atoms with Crippen LogP contribution in [-0.2, 0) is 31.8 Å². The highest BCUT2D eigenvalue weighted by Gasteiger charge is 2.40. The highest BCUT2D eigenvalue weighted by molar-refractivity contribution is 7.52. The summed E-state index contributed by atoms with van der Waals surface area (Å²) in [5.41, 5.74) is 0.888. The maximum atomic E-state index is 14.5. The van der Waals surface area contributed by atoms with Gasteiger partial charge in [-0.2, -0.15) is 0 Å². The smallest absolute Gasteiger partial charge is 0.365 e. The lowest BCUT2D eigenvalue weighted by Gasteiger charge is -2.24. The lowest BCUT2D eigenvalue weighted by Crippen LogP contribution is -2.46. The summed E-state index contributed by atoms with van der Waals surface area (Å²) in [7, 11) is -3.99. The van der Waals surface area contributed by atoms with Gasteiger partial charge in [0.1, 0.15) is 30.3 Å². The predicted octanol–water partition coefficient (Wildman–Crippen LogP) is 4.84. The number of aromatic nitrogens is 1. The van der Waals surface area contributed by atoms with Gasteiger partial charge in [-0.15, -0.1) is 0 Å². The summed E-state index contributed by atoms with van der Waals surface area (Å²) in [5.74, 6) is -1.95. The minimum Gasteiger partial charge on any atom is -0.481 e. The Morgan fingerprint density at radius 2 is 2.00 bits per heavy atom. The Labute approximate surface area is 246 Å². The highest BCUT2D eigenvalue weighted by Crippen LogP contribution is 2.42. The number of amides is 2. The first-order valence-electron chi connectivity index (χ1n) is 13.3. The third-order valence-corrected chi connectivity index (χ3v) is 8.12. The Morgan fingerprint density at radius 3 is 2.71 bits per heavy atom. The van der Waals surface area contributed by atoms with Gasteiger partial charge in [-0.1, -0.05) is 30.7 Å². The van der Waals surface area contributed by atoms with E-state index in [4.69, 9.17) is 20.9 Å². The summed E-state index contributed by atoms with van der Waals surface area (Å²) >= 11 is 5.79. The fourth-order valence-corrected chi connectivity index (χ4v) is 5.78. The van der Waals surface area contributed by atoms with Crippen LogP contribution in [0, 0.1) is 5.82 Å². The van der Waals surface area contributed by atoms with Crippen LogP contribution >= 0.6 is 19.2 Å². The molecule has 3 aromatic rings. The van der Waals surface area contributed by atoms with Crippen molar-refractivity contribution in [1.29, 1.82) is 0 Å². The van der Waals surface area contributed by atoms with Crippen molar-refractivity contribution < 1.29 is 41.9 Å². The number of fused-ring (bicyclic) bond motifs is 1. The van der Waals surface area contributed by atoms with Gasteiger partial charge in [0.25, 0.3) is 0 Å². The van der Waals surface area contributed by atoms with E-state index >= 15 is 0 Å². The van der Waals surface area contributed by atoms with Gasteiger partial charge in [0, 0.05) is 41.7 Å². The van der Waals surface area contributed by atoms with E-state index in [0.29, 0.717) is 22.9 Å². The van der Waals surface area contributed by atoms with Crippen LogP contribution in [0.15, 0.2) is 42.6 Å². The van der Waals surface area contributed by atoms with Crippen molar-refractivity contribution in [3.05, 3.63) is 64.6 Å². The molecule has 1 aliphatic heterocycles. The minimum absolute atomic E-state index is 0.0931. The quantitative estimate of drug-likeness (QED) is 0.218. The summed E-state index contributed by atoms with van der Waals surface area (Å²) in [6, 6.07) is 7.87. The molecule has 1 saturated heterocycles. The van der Waals surface area contributed by atoms with Gasteiger partial charge in [-0.25, -0.2) is 8.78 Å². The predicted molar refractivity (Wildman–Crippen MR) is 152 cm³/mol. The Hall–Kier alpha value is -3.31. The van der Waals surface area contributed by atoms with E-state index in [-0.39, 0.29) is 54.8 Å². The molecule has 2 N–H and O–H groups in total. The fraction of sp³-hybridized carbons (Fsp3) is 0.393. The average Bonchev–Trinajstić information content (AvgIpc) is 3.52. The lowest BCUT2D eigenvalue weighted by molar-refractivity contribution is -0.139. The first-order valence-corrected chi connectivity index (χ1v) is 15.4. The normalized spacial score (nSPS) is 18.2. The van der Waals surface area contributed by atoms with Crippen molar-refractivity contribution in [3.63, 3.8) is 0 Å². The van der Waals surface area contributed by atoms with Gasteiger partial charge in [-0.3, -0.25) is 18.9 Å². The number of alkyl halides is 1. The summed E-state index contributed by atoms with van der Waals surface area (Å²) in [4.78, 5) is 49.7. The Balaban J connectivity index is 1.52. The second-order valence-electron chi connectivity index (χ2n) is 9.98. The first-order chi connectivity index (χ1) is 19.9. The number of rotatable bonds is 12. The number of nitrogens with zero attached hydrogens (tertiary/aromatic N) is 2. The number of hydrogen-bond acceptors (Lipinski definition) is 6. The maximum Gasteiger partial charge on any atom is 0.365 e. The molecule has 0 bridgehead atoms. The van der Waals surface area contributed by atoms with Crippen molar-refractivity contribution in [1.82, 2.24) is 14.8 Å². The zero-order valence-electron chi connectivity index (χ0n) is 23.0. The third kappa shape index (κ3) is 7.36. The van der Waals surface area contributed by atoms with Crippen molar-refractivity contribution >= 4 is 47.7 Å². The second kappa shape index (κ2) is 13.3. The molecule has 2 heterocycles. The molecule has 0 radical (unpaired) electrons. The monoisotopic (exact) mass is 625 g/mol. The van der Waals surface area contributed by atoms with Crippen LogP contribution in [0.5, 0.6) is 5.75 Å². The van der Waals surface area contributed by atoms with E-state index in [0.717, 1.165) is 4.90 Å². The number of hydrogen-bond donors (Lipinski definition) is 2. The average molecular weight is 626 g/mol. The second-order valence-corrected chi connectivity index (χ2v) is 12.2. The summed E-state index contributed by atoms with van der Waals surface area (Å²) in [6.07, 6.45) is -0.226. The molecule has 0 saturated carbocycles. The number of Topliss-reactive ketones (excluding diaryl/α,β-unsaturated/α-hetero) is 1. The van der Waals surface area contributed by atoms with Crippen molar-refractivity contribution in [2.45, 2.75) is 52.0 Å². The number of ether oxygens (including phenoxy) is 1. The number of nitrogens with one attached hydrogen (secondary N) is 1. The Kier molecular flexibility index (Phi) is 10.0. The van der Waals surface area contributed by atoms with Crippen molar-refractivity contribution in [2.24, 2.45) is 0 Å². The molecule has 1 unspecified atom stereocenters. The molecular formula is C28H31ClF2N3O7P. The van der Waals surface area contributed by atoms with Crippen LogP contribution in [0.4, 0.5) is 8.78 Å².